The normalized spacial score (nSPS) is 20.0. The molecule has 1 aromatic heterocycles. The van der Waals surface area contributed by atoms with Gasteiger partial charge >= 0.3 is 0 Å². The van der Waals surface area contributed by atoms with Gasteiger partial charge in [0.2, 0.25) is 15.9 Å². The van der Waals surface area contributed by atoms with Crippen LogP contribution in [0.2, 0.25) is 0 Å². The molecule has 7 heteroatoms. The van der Waals surface area contributed by atoms with Crippen LogP contribution in [0.1, 0.15) is 37.5 Å². The van der Waals surface area contributed by atoms with E-state index in [2.05, 4.69) is 5.32 Å². The van der Waals surface area contributed by atoms with Crippen LogP contribution in [0, 0.1) is 5.92 Å². The molecule has 1 N–H and O–H groups in total. The number of nitrogens with zero attached hydrogens (tertiary/aromatic N) is 1. The van der Waals surface area contributed by atoms with E-state index >= 15 is 0 Å². The number of unbranched alkanes of at least 4 members (excludes halogenated alkanes) is 1. The maximum atomic E-state index is 12.3. The minimum atomic E-state index is -3.21. The Morgan fingerprint density at radius 1 is 1.50 bits per heavy atom. The van der Waals surface area contributed by atoms with Crippen molar-refractivity contribution < 1.29 is 13.2 Å². The van der Waals surface area contributed by atoms with Crippen LogP contribution in [0.15, 0.2) is 17.5 Å². The largest absolute Gasteiger partial charge is 0.351 e. The van der Waals surface area contributed by atoms with Crippen molar-refractivity contribution in [3.63, 3.8) is 0 Å². The van der Waals surface area contributed by atoms with Crippen LogP contribution in [0.5, 0.6) is 0 Å². The molecular formula is C15H24N2O3S2. The molecule has 0 bridgehead atoms. The highest BCUT2D eigenvalue weighted by Crippen LogP contribution is 2.20. The summed E-state index contributed by atoms with van der Waals surface area (Å²) in [6.45, 7) is 3.37. The lowest BCUT2D eigenvalue weighted by Crippen LogP contribution is -2.45. The number of piperidine rings is 1. The quantitative estimate of drug-likeness (QED) is 0.825. The minimum Gasteiger partial charge on any atom is -0.351 e. The summed E-state index contributed by atoms with van der Waals surface area (Å²) in [7, 11) is -3.21. The second-order valence-corrected chi connectivity index (χ2v) is 8.78. The zero-order valence-corrected chi connectivity index (χ0v) is 14.6. The third kappa shape index (κ3) is 4.79. The van der Waals surface area contributed by atoms with Crippen molar-refractivity contribution in [2.24, 2.45) is 5.92 Å². The van der Waals surface area contributed by atoms with E-state index in [4.69, 9.17) is 0 Å². The van der Waals surface area contributed by atoms with Gasteiger partial charge in [-0.1, -0.05) is 19.4 Å². The number of sulfonamides is 1. The molecule has 2 rings (SSSR count). The number of thiophene rings is 1. The summed E-state index contributed by atoms with van der Waals surface area (Å²) in [5, 5.41) is 4.90. The van der Waals surface area contributed by atoms with E-state index in [0.717, 1.165) is 24.1 Å². The molecule has 0 radical (unpaired) electrons. The van der Waals surface area contributed by atoms with Crippen LogP contribution >= 0.6 is 11.3 Å². The van der Waals surface area contributed by atoms with Crippen LogP contribution in [0.3, 0.4) is 0 Å². The summed E-state index contributed by atoms with van der Waals surface area (Å²) in [6.07, 6.45) is 3.05. The Balaban J connectivity index is 1.88. The molecule has 22 heavy (non-hydrogen) atoms. The summed E-state index contributed by atoms with van der Waals surface area (Å²) < 4.78 is 26.0. The first-order valence-electron chi connectivity index (χ1n) is 7.81. The van der Waals surface area contributed by atoms with Gasteiger partial charge in [-0.05, 0) is 30.7 Å². The zero-order chi connectivity index (χ0) is 16.0. The fourth-order valence-electron chi connectivity index (χ4n) is 2.60. The minimum absolute atomic E-state index is 0.0382. The third-order valence-corrected chi connectivity index (χ3v) is 6.72. The summed E-state index contributed by atoms with van der Waals surface area (Å²) in [5.74, 6) is -0.0820. The maximum Gasteiger partial charge on any atom is 0.224 e. The first-order valence-corrected chi connectivity index (χ1v) is 10.3. The molecule has 0 aliphatic carbocycles. The van der Waals surface area contributed by atoms with Crippen LogP contribution in [0.25, 0.3) is 0 Å². The van der Waals surface area contributed by atoms with Gasteiger partial charge in [-0.2, -0.15) is 0 Å². The van der Waals surface area contributed by atoms with Crippen molar-refractivity contribution in [1.82, 2.24) is 9.62 Å². The highest BCUT2D eigenvalue weighted by molar-refractivity contribution is 7.89. The molecule has 1 atom stereocenters. The van der Waals surface area contributed by atoms with Crippen molar-refractivity contribution in [3.8, 4) is 0 Å². The van der Waals surface area contributed by atoms with E-state index in [0.29, 0.717) is 26.1 Å². The van der Waals surface area contributed by atoms with Gasteiger partial charge in [-0.25, -0.2) is 12.7 Å². The second kappa shape index (κ2) is 8.08. The molecule has 1 unspecified atom stereocenters. The number of carbonyl (C=O) groups is 1. The number of carbonyl (C=O) groups excluding carboxylic acids is 1. The molecule has 124 valence electrons. The van der Waals surface area contributed by atoms with E-state index < -0.39 is 10.0 Å². The Morgan fingerprint density at radius 3 is 3.00 bits per heavy atom. The summed E-state index contributed by atoms with van der Waals surface area (Å²) in [6, 6.07) is 3.93. The predicted octanol–water partition coefficient (Wildman–Crippen LogP) is 2.21. The van der Waals surface area contributed by atoms with E-state index in [1.54, 1.807) is 11.3 Å². The molecule has 0 aromatic carbocycles. The first kappa shape index (κ1) is 17.4. The predicted molar refractivity (Wildman–Crippen MR) is 89.2 cm³/mol. The van der Waals surface area contributed by atoms with Gasteiger partial charge in [-0.15, -0.1) is 11.3 Å². The molecule has 2 heterocycles. The molecule has 1 fully saturated rings. The van der Waals surface area contributed by atoms with Gasteiger partial charge < -0.3 is 5.32 Å². The van der Waals surface area contributed by atoms with Crippen LogP contribution < -0.4 is 5.32 Å². The van der Waals surface area contributed by atoms with Crippen molar-refractivity contribution in [1.29, 1.82) is 0 Å². The van der Waals surface area contributed by atoms with E-state index in [-0.39, 0.29) is 17.6 Å². The van der Waals surface area contributed by atoms with Gasteiger partial charge in [0, 0.05) is 18.0 Å². The number of amides is 1. The van der Waals surface area contributed by atoms with Crippen LogP contribution in [0.4, 0.5) is 0 Å². The highest BCUT2D eigenvalue weighted by atomic mass is 32.2. The Hall–Kier alpha value is -0.920. The fourth-order valence-corrected chi connectivity index (χ4v) is 4.97. The van der Waals surface area contributed by atoms with Gasteiger partial charge in [0.25, 0.3) is 0 Å². The molecule has 1 aromatic rings. The molecule has 0 spiro atoms. The van der Waals surface area contributed by atoms with E-state index in [1.165, 1.54) is 4.31 Å². The molecule has 5 nitrogen and oxygen atoms in total. The van der Waals surface area contributed by atoms with Gasteiger partial charge in [0.1, 0.15) is 0 Å². The summed E-state index contributed by atoms with van der Waals surface area (Å²) in [5.41, 5.74) is 0. The molecule has 1 aliphatic heterocycles. The second-order valence-electron chi connectivity index (χ2n) is 5.66. The number of nitrogens with one attached hydrogen (secondary N) is 1. The van der Waals surface area contributed by atoms with Gasteiger partial charge in [0.05, 0.1) is 18.2 Å². The number of rotatable bonds is 7. The van der Waals surface area contributed by atoms with Gasteiger partial charge in [0.15, 0.2) is 0 Å². The molecular weight excluding hydrogens is 320 g/mol. The molecule has 1 amide bonds. The standard InChI is InChI=1S/C15H24N2O3S2/c1-2-3-10-22(19,20)17-8-4-6-13(12-17)15(18)16-11-14-7-5-9-21-14/h5,7,9,13H,2-4,6,8,10-12H2,1H3,(H,16,18). The fraction of sp³-hybridized carbons (Fsp3) is 0.667. The van der Waals surface area contributed by atoms with E-state index in [9.17, 15) is 13.2 Å². The highest BCUT2D eigenvalue weighted by Gasteiger charge is 2.31. The Kier molecular flexibility index (Phi) is 6.40. The molecule has 1 aliphatic rings. The zero-order valence-electron chi connectivity index (χ0n) is 13.0. The average molecular weight is 345 g/mol. The van der Waals surface area contributed by atoms with Gasteiger partial charge in [-0.3, -0.25) is 4.79 Å². The topological polar surface area (TPSA) is 66.5 Å². The van der Waals surface area contributed by atoms with Crippen molar-refractivity contribution in [2.45, 2.75) is 39.2 Å². The summed E-state index contributed by atoms with van der Waals surface area (Å²) >= 11 is 1.60. The lowest BCUT2D eigenvalue weighted by Gasteiger charge is -2.31. The number of hydrogen-bond donors (Lipinski definition) is 1. The van der Waals surface area contributed by atoms with E-state index in [1.807, 2.05) is 24.4 Å². The Bertz CT molecular complexity index is 570. The van der Waals surface area contributed by atoms with Crippen molar-refractivity contribution in [2.75, 3.05) is 18.8 Å². The lowest BCUT2D eigenvalue weighted by atomic mass is 9.99. The first-order chi connectivity index (χ1) is 10.5. The SMILES string of the molecule is CCCCS(=O)(=O)N1CCCC(C(=O)NCc2cccs2)C1. The monoisotopic (exact) mass is 344 g/mol. The molecule has 0 saturated carbocycles. The lowest BCUT2D eigenvalue weighted by molar-refractivity contribution is -0.126. The maximum absolute atomic E-state index is 12.3. The molecule has 1 saturated heterocycles. The average Bonchev–Trinajstić information content (AvgIpc) is 3.04. The smallest absolute Gasteiger partial charge is 0.224 e. The van der Waals surface area contributed by atoms with Crippen molar-refractivity contribution >= 4 is 27.3 Å². The Morgan fingerprint density at radius 2 is 2.32 bits per heavy atom. The van der Waals surface area contributed by atoms with Crippen molar-refractivity contribution in [3.05, 3.63) is 22.4 Å². The summed E-state index contributed by atoms with van der Waals surface area (Å²) in [4.78, 5) is 13.4. The van der Waals surface area contributed by atoms with Crippen LogP contribution in [-0.2, 0) is 21.4 Å². The Labute approximate surface area is 136 Å². The third-order valence-electron chi connectivity index (χ3n) is 3.92. The number of hydrogen-bond acceptors (Lipinski definition) is 4. The van der Waals surface area contributed by atoms with Crippen LogP contribution in [-0.4, -0.2) is 37.5 Å².